The normalized spacial score (nSPS) is 17.9. The molecule has 1 fully saturated rings. The van der Waals surface area contributed by atoms with Gasteiger partial charge in [0.15, 0.2) is 0 Å². The lowest BCUT2D eigenvalue weighted by Gasteiger charge is -2.22. The molecular formula is C19H21N3O2S. The molecule has 1 aromatic carbocycles. The monoisotopic (exact) mass is 355 g/mol. The Hall–Kier alpha value is -2.18. The smallest absolute Gasteiger partial charge is 0.257 e. The number of methoxy groups -OCH3 is 1. The molecule has 0 amide bonds. The quantitative estimate of drug-likeness (QED) is 0.677. The molecule has 0 radical (unpaired) electrons. The molecule has 6 heteroatoms. The van der Waals surface area contributed by atoms with Crippen molar-refractivity contribution in [3.8, 4) is 16.5 Å². The maximum absolute atomic E-state index is 6.01. The van der Waals surface area contributed by atoms with Crippen molar-refractivity contribution in [3.63, 3.8) is 0 Å². The zero-order valence-electron chi connectivity index (χ0n) is 14.4. The molecule has 2 aromatic heterocycles. The van der Waals surface area contributed by atoms with E-state index in [9.17, 15) is 0 Å². The Bertz CT molecular complexity index is 858. The van der Waals surface area contributed by atoms with Crippen LogP contribution in [0.25, 0.3) is 10.8 Å². The first-order valence-electron chi connectivity index (χ1n) is 8.51. The lowest BCUT2D eigenvalue weighted by Crippen LogP contribution is -2.23. The molecule has 3 aromatic rings. The van der Waals surface area contributed by atoms with Crippen LogP contribution in [0.4, 0.5) is 0 Å². The Morgan fingerprint density at radius 1 is 1.24 bits per heavy atom. The molecule has 5 nitrogen and oxygen atoms in total. The second kappa shape index (κ2) is 6.98. The van der Waals surface area contributed by atoms with Crippen molar-refractivity contribution in [3.05, 3.63) is 52.7 Å². The van der Waals surface area contributed by atoms with Crippen LogP contribution in [0.1, 0.15) is 35.2 Å². The number of rotatable bonds is 5. The van der Waals surface area contributed by atoms with Crippen LogP contribution >= 0.6 is 11.3 Å². The highest BCUT2D eigenvalue weighted by atomic mass is 32.1. The topological polar surface area (TPSA) is 51.4 Å². The van der Waals surface area contributed by atoms with Crippen LogP contribution < -0.4 is 4.74 Å². The van der Waals surface area contributed by atoms with Gasteiger partial charge in [-0.05, 0) is 44.5 Å². The fourth-order valence-electron chi connectivity index (χ4n) is 3.37. The molecule has 3 heterocycles. The van der Waals surface area contributed by atoms with E-state index in [1.807, 2.05) is 24.3 Å². The summed E-state index contributed by atoms with van der Waals surface area (Å²) in [6.45, 7) is 3.93. The third-order valence-electron chi connectivity index (χ3n) is 4.61. The second-order valence-electron chi connectivity index (χ2n) is 6.30. The number of para-hydroxylation sites is 1. The SMILES string of the molecule is COc1ccccc1CN1CCC[C@@H]1c1nnc(-c2ccc(C)s2)o1. The summed E-state index contributed by atoms with van der Waals surface area (Å²) in [5.41, 5.74) is 1.19. The first kappa shape index (κ1) is 16.3. The van der Waals surface area contributed by atoms with Crippen molar-refractivity contribution >= 4 is 11.3 Å². The fraction of sp³-hybridized carbons (Fsp3) is 0.368. The number of ether oxygens (including phenoxy) is 1. The number of benzene rings is 1. The Kier molecular flexibility index (Phi) is 4.55. The summed E-state index contributed by atoms with van der Waals surface area (Å²) in [6.07, 6.45) is 2.18. The van der Waals surface area contributed by atoms with Gasteiger partial charge in [0.25, 0.3) is 5.89 Å². The van der Waals surface area contributed by atoms with Crippen LogP contribution in [0.2, 0.25) is 0 Å². The average molecular weight is 355 g/mol. The zero-order chi connectivity index (χ0) is 17.2. The molecule has 1 aliphatic heterocycles. The number of aryl methyl sites for hydroxylation is 1. The van der Waals surface area contributed by atoms with Crippen LogP contribution in [0, 0.1) is 6.92 Å². The Labute approximate surface area is 151 Å². The van der Waals surface area contributed by atoms with Gasteiger partial charge in [0.1, 0.15) is 5.75 Å². The van der Waals surface area contributed by atoms with Gasteiger partial charge < -0.3 is 9.15 Å². The summed E-state index contributed by atoms with van der Waals surface area (Å²) >= 11 is 1.68. The highest BCUT2D eigenvalue weighted by Gasteiger charge is 2.31. The third-order valence-corrected chi connectivity index (χ3v) is 5.60. The largest absolute Gasteiger partial charge is 0.496 e. The number of aromatic nitrogens is 2. The van der Waals surface area contributed by atoms with Gasteiger partial charge in [-0.1, -0.05) is 18.2 Å². The number of hydrogen-bond acceptors (Lipinski definition) is 6. The van der Waals surface area contributed by atoms with Crippen LogP contribution in [0.5, 0.6) is 5.75 Å². The summed E-state index contributed by atoms with van der Waals surface area (Å²) in [5, 5.41) is 8.60. The molecule has 0 saturated carbocycles. The van der Waals surface area contributed by atoms with E-state index in [4.69, 9.17) is 9.15 Å². The van der Waals surface area contributed by atoms with Crippen molar-refractivity contribution in [1.29, 1.82) is 0 Å². The van der Waals surface area contributed by atoms with E-state index in [1.165, 1.54) is 10.4 Å². The Morgan fingerprint density at radius 2 is 2.12 bits per heavy atom. The lowest BCUT2D eigenvalue weighted by molar-refractivity contribution is 0.213. The fourth-order valence-corrected chi connectivity index (χ4v) is 4.15. The van der Waals surface area contributed by atoms with Gasteiger partial charge in [-0.15, -0.1) is 21.5 Å². The van der Waals surface area contributed by atoms with E-state index in [0.717, 1.165) is 36.6 Å². The minimum absolute atomic E-state index is 0.173. The summed E-state index contributed by atoms with van der Waals surface area (Å²) in [7, 11) is 1.72. The van der Waals surface area contributed by atoms with Crippen molar-refractivity contribution in [2.24, 2.45) is 0 Å². The van der Waals surface area contributed by atoms with Gasteiger partial charge in [0.2, 0.25) is 5.89 Å². The first-order chi connectivity index (χ1) is 12.2. The molecule has 1 saturated heterocycles. The van der Waals surface area contributed by atoms with Gasteiger partial charge in [-0.3, -0.25) is 4.90 Å². The highest BCUT2D eigenvalue weighted by molar-refractivity contribution is 7.15. The predicted molar refractivity (Wildman–Crippen MR) is 97.7 cm³/mol. The molecular weight excluding hydrogens is 334 g/mol. The van der Waals surface area contributed by atoms with E-state index >= 15 is 0 Å². The van der Waals surface area contributed by atoms with Crippen molar-refractivity contribution in [1.82, 2.24) is 15.1 Å². The van der Waals surface area contributed by atoms with Crippen molar-refractivity contribution in [2.75, 3.05) is 13.7 Å². The van der Waals surface area contributed by atoms with Gasteiger partial charge >= 0.3 is 0 Å². The summed E-state index contributed by atoms with van der Waals surface area (Å²) in [5.74, 6) is 2.26. The molecule has 130 valence electrons. The number of likely N-dealkylation sites (tertiary alicyclic amines) is 1. The van der Waals surface area contributed by atoms with E-state index in [-0.39, 0.29) is 6.04 Å². The van der Waals surface area contributed by atoms with Gasteiger partial charge in [0, 0.05) is 17.0 Å². The van der Waals surface area contributed by atoms with Crippen LogP contribution in [-0.2, 0) is 6.54 Å². The molecule has 25 heavy (non-hydrogen) atoms. The number of thiophene rings is 1. The molecule has 1 aliphatic rings. The molecule has 0 spiro atoms. The molecule has 0 bridgehead atoms. The zero-order valence-corrected chi connectivity index (χ0v) is 15.3. The molecule has 0 N–H and O–H groups in total. The highest BCUT2D eigenvalue weighted by Crippen LogP contribution is 2.35. The van der Waals surface area contributed by atoms with Gasteiger partial charge in [0.05, 0.1) is 18.0 Å². The molecule has 4 rings (SSSR count). The van der Waals surface area contributed by atoms with Crippen molar-refractivity contribution in [2.45, 2.75) is 32.4 Å². The van der Waals surface area contributed by atoms with E-state index < -0.39 is 0 Å². The van der Waals surface area contributed by atoms with Gasteiger partial charge in [-0.2, -0.15) is 0 Å². The van der Waals surface area contributed by atoms with E-state index in [0.29, 0.717) is 11.8 Å². The standard InChI is InChI=1S/C19H21N3O2S/c1-13-9-10-17(25-13)19-21-20-18(24-19)15-7-5-11-22(15)12-14-6-3-4-8-16(14)23-2/h3-4,6,8-10,15H,5,7,11-12H2,1-2H3/t15-/m1/s1. The second-order valence-corrected chi connectivity index (χ2v) is 7.58. The lowest BCUT2D eigenvalue weighted by atomic mass is 10.1. The number of hydrogen-bond donors (Lipinski definition) is 0. The van der Waals surface area contributed by atoms with Crippen molar-refractivity contribution < 1.29 is 9.15 Å². The maximum Gasteiger partial charge on any atom is 0.257 e. The van der Waals surface area contributed by atoms with E-state index in [2.05, 4.69) is 34.2 Å². The summed E-state index contributed by atoms with van der Waals surface area (Å²) in [4.78, 5) is 4.67. The minimum atomic E-state index is 0.173. The predicted octanol–water partition coefficient (Wildman–Crippen LogP) is 4.45. The first-order valence-corrected chi connectivity index (χ1v) is 9.32. The number of nitrogens with zero attached hydrogens (tertiary/aromatic N) is 3. The van der Waals surface area contributed by atoms with Gasteiger partial charge in [-0.25, -0.2) is 0 Å². The molecule has 0 aliphatic carbocycles. The average Bonchev–Trinajstić information content (AvgIpc) is 3.35. The summed E-state index contributed by atoms with van der Waals surface area (Å²) in [6, 6.07) is 12.5. The van der Waals surface area contributed by atoms with E-state index in [1.54, 1.807) is 18.4 Å². The van der Waals surface area contributed by atoms with Crippen LogP contribution in [0.3, 0.4) is 0 Å². The van der Waals surface area contributed by atoms with Crippen LogP contribution in [0.15, 0.2) is 40.8 Å². The molecule has 1 atom stereocenters. The molecule has 0 unspecified atom stereocenters. The maximum atomic E-state index is 6.01. The van der Waals surface area contributed by atoms with Crippen LogP contribution in [-0.4, -0.2) is 28.8 Å². The Balaban J connectivity index is 1.55. The summed E-state index contributed by atoms with van der Waals surface area (Å²) < 4.78 is 11.5. The third kappa shape index (κ3) is 3.32. The minimum Gasteiger partial charge on any atom is -0.496 e. The Morgan fingerprint density at radius 3 is 2.92 bits per heavy atom.